The van der Waals surface area contributed by atoms with E-state index >= 15 is 0 Å². The normalized spacial score (nSPS) is 29.1. The van der Waals surface area contributed by atoms with Crippen LogP contribution in [0.5, 0.6) is 0 Å². The molecule has 1 saturated carbocycles. The van der Waals surface area contributed by atoms with Crippen molar-refractivity contribution in [1.29, 1.82) is 0 Å². The highest BCUT2D eigenvalue weighted by Crippen LogP contribution is 2.38. The molecule has 1 fully saturated rings. The maximum atomic E-state index is 6.13. The smallest absolute Gasteiger partial charge is 0.0334 e. The Labute approximate surface area is 108 Å². The average molecular weight is 240 g/mol. The fourth-order valence-electron chi connectivity index (χ4n) is 3.25. The fourth-order valence-corrected chi connectivity index (χ4v) is 3.25. The van der Waals surface area contributed by atoms with Gasteiger partial charge >= 0.3 is 0 Å². The zero-order valence-electron chi connectivity index (χ0n) is 12.2. The highest BCUT2D eigenvalue weighted by Gasteiger charge is 2.40. The molecule has 1 aliphatic carbocycles. The van der Waals surface area contributed by atoms with E-state index in [0.29, 0.717) is 5.54 Å². The number of hydrogen-bond acceptors (Lipinski definition) is 2. The van der Waals surface area contributed by atoms with Gasteiger partial charge in [0.2, 0.25) is 0 Å². The van der Waals surface area contributed by atoms with E-state index in [1.807, 2.05) is 0 Å². The van der Waals surface area contributed by atoms with Crippen LogP contribution in [0.4, 0.5) is 0 Å². The van der Waals surface area contributed by atoms with Gasteiger partial charge in [0.05, 0.1) is 0 Å². The van der Waals surface area contributed by atoms with Gasteiger partial charge in [0.15, 0.2) is 0 Å². The van der Waals surface area contributed by atoms with Crippen molar-refractivity contribution in [1.82, 2.24) is 4.90 Å². The molecule has 0 aromatic heterocycles. The van der Waals surface area contributed by atoms with Gasteiger partial charge in [0, 0.05) is 12.1 Å². The zero-order valence-corrected chi connectivity index (χ0v) is 12.2. The summed E-state index contributed by atoms with van der Waals surface area (Å²) in [6.45, 7) is 10.3. The molecule has 0 spiro atoms. The topological polar surface area (TPSA) is 29.3 Å². The molecule has 0 aromatic rings. The minimum atomic E-state index is 0.337. The van der Waals surface area contributed by atoms with Crippen molar-refractivity contribution in [3.63, 3.8) is 0 Å². The number of nitrogens with two attached hydrogens (primary N) is 1. The van der Waals surface area contributed by atoms with E-state index in [0.717, 1.165) is 12.5 Å². The molecule has 0 heterocycles. The minimum Gasteiger partial charge on any atom is -0.329 e. The van der Waals surface area contributed by atoms with Crippen molar-refractivity contribution >= 4 is 0 Å². The first-order valence-electron chi connectivity index (χ1n) is 7.63. The molecular weight excluding hydrogens is 208 g/mol. The molecule has 0 bridgehead atoms. The summed E-state index contributed by atoms with van der Waals surface area (Å²) in [7, 11) is 0. The minimum absolute atomic E-state index is 0.337. The first-order valence-corrected chi connectivity index (χ1v) is 7.63. The number of rotatable bonds is 8. The first kappa shape index (κ1) is 15.0. The Kier molecular flexibility index (Phi) is 6.50. The fraction of sp³-hybridized carbons (Fsp3) is 1.00. The Morgan fingerprint density at radius 2 is 1.76 bits per heavy atom. The molecule has 0 saturated heterocycles. The maximum absolute atomic E-state index is 6.13. The van der Waals surface area contributed by atoms with Crippen LogP contribution in [-0.2, 0) is 0 Å². The van der Waals surface area contributed by atoms with E-state index in [2.05, 4.69) is 25.7 Å². The zero-order chi connectivity index (χ0) is 12.7. The molecule has 0 aromatic carbocycles. The highest BCUT2D eigenvalue weighted by atomic mass is 15.2. The third-order valence-corrected chi connectivity index (χ3v) is 4.44. The van der Waals surface area contributed by atoms with Crippen LogP contribution in [0.3, 0.4) is 0 Å². The molecule has 1 rings (SSSR count). The molecule has 0 aliphatic heterocycles. The van der Waals surface area contributed by atoms with Gasteiger partial charge < -0.3 is 5.73 Å². The third kappa shape index (κ3) is 3.96. The Hall–Kier alpha value is -0.0800. The van der Waals surface area contributed by atoms with Crippen molar-refractivity contribution < 1.29 is 0 Å². The molecule has 2 unspecified atom stereocenters. The summed E-state index contributed by atoms with van der Waals surface area (Å²) in [5.74, 6) is 0.865. The van der Waals surface area contributed by atoms with E-state index in [-0.39, 0.29) is 0 Å². The Balaban J connectivity index is 2.63. The quantitative estimate of drug-likeness (QED) is 0.704. The van der Waals surface area contributed by atoms with Gasteiger partial charge in [-0.05, 0) is 51.1 Å². The van der Waals surface area contributed by atoms with Crippen molar-refractivity contribution in [3.05, 3.63) is 0 Å². The number of unbranched alkanes of at least 4 members (excludes halogenated alkanes) is 2. The van der Waals surface area contributed by atoms with Gasteiger partial charge in [-0.1, -0.05) is 33.6 Å². The van der Waals surface area contributed by atoms with Gasteiger partial charge in [0.25, 0.3) is 0 Å². The molecule has 0 radical (unpaired) electrons. The molecule has 0 amide bonds. The van der Waals surface area contributed by atoms with Gasteiger partial charge in [-0.2, -0.15) is 0 Å². The van der Waals surface area contributed by atoms with Gasteiger partial charge in [-0.25, -0.2) is 0 Å². The van der Waals surface area contributed by atoms with Crippen molar-refractivity contribution in [2.45, 2.75) is 71.3 Å². The summed E-state index contributed by atoms with van der Waals surface area (Å²) < 4.78 is 0. The summed E-state index contributed by atoms with van der Waals surface area (Å²) in [5, 5.41) is 0. The monoisotopic (exact) mass is 240 g/mol. The second kappa shape index (κ2) is 7.38. The highest BCUT2D eigenvalue weighted by molar-refractivity contribution is 4.98. The van der Waals surface area contributed by atoms with Crippen LogP contribution in [0.2, 0.25) is 0 Å². The number of hydrogen-bond donors (Lipinski definition) is 1. The number of nitrogens with zero attached hydrogens (tertiary/aromatic N) is 1. The van der Waals surface area contributed by atoms with Gasteiger partial charge in [-0.3, -0.25) is 4.90 Å². The van der Waals surface area contributed by atoms with E-state index < -0.39 is 0 Å². The van der Waals surface area contributed by atoms with Crippen LogP contribution in [0.25, 0.3) is 0 Å². The van der Waals surface area contributed by atoms with Crippen LogP contribution in [-0.4, -0.2) is 30.1 Å². The summed E-state index contributed by atoms with van der Waals surface area (Å²) in [6, 6.07) is 0. The molecular formula is C15H32N2. The lowest BCUT2D eigenvalue weighted by Gasteiger charge is -2.41. The van der Waals surface area contributed by atoms with E-state index in [1.165, 1.54) is 58.0 Å². The van der Waals surface area contributed by atoms with Crippen LogP contribution in [0, 0.1) is 5.92 Å². The molecule has 1 aliphatic rings. The van der Waals surface area contributed by atoms with Crippen LogP contribution in [0.15, 0.2) is 0 Å². The molecule has 102 valence electrons. The van der Waals surface area contributed by atoms with Crippen molar-refractivity contribution in [2.75, 3.05) is 19.6 Å². The Morgan fingerprint density at radius 3 is 2.12 bits per heavy atom. The summed E-state index contributed by atoms with van der Waals surface area (Å²) in [5.41, 5.74) is 6.47. The molecule has 17 heavy (non-hydrogen) atoms. The van der Waals surface area contributed by atoms with Gasteiger partial charge in [-0.15, -0.1) is 0 Å². The maximum Gasteiger partial charge on any atom is 0.0334 e. The molecule has 2 atom stereocenters. The predicted molar refractivity (Wildman–Crippen MR) is 76.2 cm³/mol. The van der Waals surface area contributed by atoms with Crippen molar-refractivity contribution in [2.24, 2.45) is 11.7 Å². The molecule has 2 N–H and O–H groups in total. The lowest BCUT2D eigenvalue weighted by molar-refractivity contribution is 0.0918. The summed E-state index contributed by atoms with van der Waals surface area (Å²) >= 11 is 0. The van der Waals surface area contributed by atoms with Crippen molar-refractivity contribution in [3.8, 4) is 0 Å². The predicted octanol–water partition coefficient (Wildman–Crippen LogP) is 3.41. The average Bonchev–Trinajstić information content (AvgIpc) is 2.72. The standard InChI is InChI=1S/C15H32N2/c1-4-6-10-17(11-7-5-2)15(13-16)9-8-14(3)12-15/h14H,4-13,16H2,1-3H3. The van der Waals surface area contributed by atoms with E-state index in [1.54, 1.807) is 0 Å². The first-order chi connectivity index (χ1) is 8.18. The van der Waals surface area contributed by atoms with Gasteiger partial charge in [0.1, 0.15) is 0 Å². The Morgan fingerprint density at radius 1 is 1.18 bits per heavy atom. The lowest BCUT2D eigenvalue weighted by Crippen LogP contribution is -2.53. The van der Waals surface area contributed by atoms with Crippen LogP contribution in [0.1, 0.15) is 65.7 Å². The SMILES string of the molecule is CCCCN(CCCC)C1(CN)CCC(C)C1. The van der Waals surface area contributed by atoms with E-state index in [4.69, 9.17) is 5.73 Å². The molecule has 2 nitrogen and oxygen atoms in total. The lowest BCUT2D eigenvalue weighted by atomic mass is 9.93. The van der Waals surface area contributed by atoms with Crippen LogP contribution >= 0.6 is 0 Å². The Bertz CT molecular complexity index is 197. The third-order valence-electron chi connectivity index (χ3n) is 4.44. The summed E-state index contributed by atoms with van der Waals surface area (Å²) in [6.07, 6.45) is 9.22. The summed E-state index contributed by atoms with van der Waals surface area (Å²) in [4.78, 5) is 2.73. The second-order valence-corrected chi connectivity index (χ2v) is 5.97. The largest absolute Gasteiger partial charge is 0.329 e. The molecule has 2 heteroatoms. The van der Waals surface area contributed by atoms with E-state index in [9.17, 15) is 0 Å². The van der Waals surface area contributed by atoms with Crippen LogP contribution < -0.4 is 5.73 Å². The second-order valence-electron chi connectivity index (χ2n) is 5.97.